The molecular formula is C19H20FN3O2. The Labute approximate surface area is 144 Å². The van der Waals surface area contributed by atoms with Gasteiger partial charge in [-0.2, -0.15) is 0 Å². The molecule has 0 aliphatic heterocycles. The molecule has 0 aliphatic carbocycles. The number of amides is 1. The van der Waals surface area contributed by atoms with E-state index in [0.29, 0.717) is 19.5 Å². The van der Waals surface area contributed by atoms with Crippen molar-refractivity contribution in [1.29, 1.82) is 0 Å². The van der Waals surface area contributed by atoms with Gasteiger partial charge in [-0.15, -0.1) is 0 Å². The predicted octanol–water partition coefficient (Wildman–Crippen LogP) is 2.23. The van der Waals surface area contributed by atoms with Gasteiger partial charge in [-0.25, -0.2) is 9.18 Å². The fourth-order valence-corrected chi connectivity index (χ4v) is 2.88. The Morgan fingerprint density at radius 2 is 1.76 bits per heavy atom. The van der Waals surface area contributed by atoms with Crippen LogP contribution in [0.5, 0.6) is 0 Å². The first kappa shape index (κ1) is 17.0. The lowest BCUT2D eigenvalue weighted by atomic mass is 10.1. The highest BCUT2D eigenvalue weighted by atomic mass is 19.1. The molecular weight excluding hydrogens is 321 g/mol. The molecule has 0 fully saturated rings. The van der Waals surface area contributed by atoms with Crippen LogP contribution < -0.4 is 11.0 Å². The monoisotopic (exact) mass is 341 g/mol. The van der Waals surface area contributed by atoms with E-state index in [0.717, 1.165) is 16.6 Å². The molecule has 0 unspecified atom stereocenters. The van der Waals surface area contributed by atoms with Crippen LogP contribution in [0.15, 0.2) is 53.3 Å². The molecule has 5 nitrogen and oxygen atoms in total. The summed E-state index contributed by atoms with van der Waals surface area (Å²) in [4.78, 5) is 24.3. The second kappa shape index (κ2) is 7.34. The van der Waals surface area contributed by atoms with Gasteiger partial charge in [0.25, 0.3) is 0 Å². The molecule has 1 amide bonds. The van der Waals surface area contributed by atoms with Crippen LogP contribution in [0.3, 0.4) is 0 Å². The summed E-state index contributed by atoms with van der Waals surface area (Å²) in [5.41, 5.74) is 2.52. The first-order valence-corrected chi connectivity index (χ1v) is 8.21. The quantitative estimate of drug-likeness (QED) is 0.747. The van der Waals surface area contributed by atoms with E-state index in [1.165, 1.54) is 12.1 Å². The number of imidazole rings is 1. The van der Waals surface area contributed by atoms with Crippen LogP contribution in [0, 0.1) is 5.82 Å². The Bertz CT molecular complexity index is 941. The van der Waals surface area contributed by atoms with Crippen molar-refractivity contribution in [2.75, 3.05) is 6.54 Å². The zero-order valence-corrected chi connectivity index (χ0v) is 14.0. The number of halogens is 1. The molecule has 1 heterocycles. The Kier molecular flexibility index (Phi) is 4.97. The van der Waals surface area contributed by atoms with E-state index < -0.39 is 0 Å². The normalized spacial score (nSPS) is 11.0. The summed E-state index contributed by atoms with van der Waals surface area (Å²) in [5.74, 6) is -0.379. The minimum absolute atomic E-state index is 0.109. The number of rotatable bonds is 6. The number of fused-ring (bicyclic) bond motifs is 1. The van der Waals surface area contributed by atoms with Gasteiger partial charge in [-0.05, 0) is 36.2 Å². The fourth-order valence-electron chi connectivity index (χ4n) is 2.88. The van der Waals surface area contributed by atoms with E-state index in [-0.39, 0.29) is 23.8 Å². The highest BCUT2D eigenvalue weighted by Gasteiger charge is 2.11. The molecule has 1 N–H and O–H groups in total. The highest BCUT2D eigenvalue weighted by Crippen LogP contribution is 2.11. The third kappa shape index (κ3) is 3.79. The SMILES string of the molecule is Cn1c(=O)n(CCC(=O)NCCc2ccc(F)cc2)c2ccccc21. The van der Waals surface area contributed by atoms with Crippen LogP contribution in [0.4, 0.5) is 4.39 Å². The third-order valence-electron chi connectivity index (χ3n) is 4.26. The van der Waals surface area contributed by atoms with Crippen LogP contribution in [0.1, 0.15) is 12.0 Å². The number of hydrogen-bond donors (Lipinski definition) is 1. The molecule has 3 rings (SSSR count). The van der Waals surface area contributed by atoms with Gasteiger partial charge in [0.2, 0.25) is 5.91 Å². The maximum atomic E-state index is 12.8. The Hall–Kier alpha value is -2.89. The standard InChI is InChI=1S/C19H20FN3O2/c1-22-16-4-2-3-5-17(16)23(19(22)25)13-11-18(24)21-12-10-14-6-8-15(20)9-7-14/h2-9H,10-13H2,1H3,(H,21,24). The Morgan fingerprint density at radius 3 is 2.48 bits per heavy atom. The summed E-state index contributed by atoms with van der Waals surface area (Å²) >= 11 is 0. The summed E-state index contributed by atoms with van der Waals surface area (Å²) in [5, 5.41) is 2.84. The molecule has 0 saturated carbocycles. The van der Waals surface area contributed by atoms with Crippen LogP contribution >= 0.6 is 0 Å². The molecule has 6 heteroatoms. The van der Waals surface area contributed by atoms with Gasteiger partial charge in [0.1, 0.15) is 5.82 Å². The third-order valence-corrected chi connectivity index (χ3v) is 4.26. The van der Waals surface area contributed by atoms with Crippen molar-refractivity contribution in [3.05, 3.63) is 70.4 Å². The van der Waals surface area contributed by atoms with Crippen molar-refractivity contribution in [2.45, 2.75) is 19.4 Å². The van der Waals surface area contributed by atoms with Gasteiger partial charge in [0, 0.05) is 26.6 Å². The van der Waals surface area contributed by atoms with Crippen LogP contribution in [-0.2, 0) is 24.8 Å². The molecule has 1 aromatic heterocycles. The predicted molar refractivity (Wildman–Crippen MR) is 94.9 cm³/mol. The maximum absolute atomic E-state index is 12.8. The molecule has 0 atom stereocenters. The average molecular weight is 341 g/mol. The number of para-hydroxylation sites is 2. The average Bonchev–Trinajstić information content (AvgIpc) is 2.86. The lowest BCUT2D eigenvalue weighted by Crippen LogP contribution is -2.29. The van der Waals surface area contributed by atoms with Gasteiger partial charge in [0.05, 0.1) is 11.0 Å². The van der Waals surface area contributed by atoms with Crippen molar-refractivity contribution in [2.24, 2.45) is 7.05 Å². The summed E-state index contributed by atoms with van der Waals surface area (Å²) in [6.07, 6.45) is 0.873. The van der Waals surface area contributed by atoms with Gasteiger partial charge >= 0.3 is 5.69 Å². The van der Waals surface area contributed by atoms with E-state index in [1.807, 2.05) is 24.3 Å². The number of aryl methyl sites for hydroxylation is 2. The van der Waals surface area contributed by atoms with E-state index in [4.69, 9.17) is 0 Å². The van der Waals surface area contributed by atoms with Crippen LogP contribution in [-0.4, -0.2) is 21.6 Å². The zero-order valence-electron chi connectivity index (χ0n) is 14.0. The molecule has 0 aliphatic rings. The van der Waals surface area contributed by atoms with Crippen molar-refractivity contribution >= 4 is 16.9 Å². The lowest BCUT2D eigenvalue weighted by molar-refractivity contribution is -0.121. The fraction of sp³-hybridized carbons (Fsp3) is 0.263. The minimum Gasteiger partial charge on any atom is -0.356 e. The Balaban J connectivity index is 1.55. The molecule has 2 aromatic carbocycles. The second-order valence-electron chi connectivity index (χ2n) is 5.96. The summed E-state index contributed by atoms with van der Waals surface area (Å²) in [6.45, 7) is 0.817. The first-order valence-electron chi connectivity index (χ1n) is 8.21. The number of carbonyl (C=O) groups is 1. The van der Waals surface area contributed by atoms with Gasteiger partial charge < -0.3 is 5.32 Å². The largest absolute Gasteiger partial charge is 0.356 e. The smallest absolute Gasteiger partial charge is 0.328 e. The van der Waals surface area contributed by atoms with E-state index in [1.54, 1.807) is 28.3 Å². The Morgan fingerprint density at radius 1 is 1.08 bits per heavy atom. The molecule has 0 bridgehead atoms. The number of nitrogens with one attached hydrogen (secondary N) is 1. The van der Waals surface area contributed by atoms with Crippen molar-refractivity contribution in [3.63, 3.8) is 0 Å². The molecule has 0 saturated heterocycles. The summed E-state index contributed by atoms with van der Waals surface area (Å²) in [6, 6.07) is 13.7. The van der Waals surface area contributed by atoms with Gasteiger partial charge in [0.15, 0.2) is 0 Å². The molecule has 0 radical (unpaired) electrons. The lowest BCUT2D eigenvalue weighted by Gasteiger charge is -2.06. The minimum atomic E-state index is -0.270. The van der Waals surface area contributed by atoms with Crippen LogP contribution in [0.25, 0.3) is 11.0 Å². The molecule has 0 spiro atoms. The summed E-state index contributed by atoms with van der Waals surface area (Å²) < 4.78 is 16.0. The molecule has 130 valence electrons. The number of carbonyl (C=O) groups excluding carboxylic acids is 1. The molecule has 25 heavy (non-hydrogen) atoms. The molecule has 3 aromatic rings. The van der Waals surface area contributed by atoms with E-state index in [9.17, 15) is 14.0 Å². The van der Waals surface area contributed by atoms with Crippen molar-refractivity contribution in [3.8, 4) is 0 Å². The van der Waals surface area contributed by atoms with E-state index in [2.05, 4.69) is 5.32 Å². The topological polar surface area (TPSA) is 56.0 Å². The summed E-state index contributed by atoms with van der Waals surface area (Å²) in [7, 11) is 1.73. The van der Waals surface area contributed by atoms with Gasteiger partial charge in [-0.1, -0.05) is 24.3 Å². The zero-order chi connectivity index (χ0) is 17.8. The van der Waals surface area contributed by atoms with Crippen molar-refractivity contribution in [1.82, 2.24) is 14.5 Å². The van der Waals surface area contributed by atoms with Gasteiger partial charge in [-0.3, -0.25) is 13.9 Å². The number of aromatic nitrogens is 2. The van der Waals surface area contributed by atoms with E-state index >= 15 is 0 Å². The second-order valence-corrected chi connectivity index (χ2v) is 5.96. The van der Waals surface area contributed by atoms with Crippen LogP contribution in [0.2, 0.25) is 0 Å². The number of benzene rings is 2. The highest BCUT2D eigenvalue weighted by molar-refractivity contribution is 5.77. The maximum Gasteiger partial charge on any atom is 0.328 e. The number of hydrogen-bond acceptors (Lipinski definition) is 2. The first-order chi connectivity index (χ1) is 12.1. The number of nitrogens with zero attached hydrogens (tertiary/aromatic N) is 2. The van der Waals surface area contributed by atoms with Crippen molar-refractivity contribution < 1.29 is 9.18 Å².